The largest absolute Gasteiger partial charge is 0.330 e. The Kier molecular flexibility index (Phi) is 5.54. The molecule has 0 aliphatic rings. The maximum absolute atomic E-state index is 14.1. The van der Waals surface area contributed by atoms with E-state index in [1.54, 1.807) is 12.1 Å². The lowest BCUT2D eigenvalue weighted by Crippen LogP contribution is -2.44. The molecule has 9 heteroatoms. The first kappa shape index (κ1) is 18.3. The van der Waals surface area contributed by atoms with Crippen molar-refractivity contribution in [2.75, 3.05) is 7.11 Å². The molecule has 0 unspecified atom stereocenters. The van der Waals surface area contributed by atoms with Gasteiger partial charge in [0.15, 0.2) is 0 Å². The molecule has 1 amide bonds. The van der Waals surface area contributed by atoms with Crippen LogP contribution in [0.3, 0.4) is 0 Å². The highest BCUT2D eigenvalue weighted by atomic mass is 127. The molecular weight excluding hydrogens is 432 g/mol. The number of carbonyl (C=O) groups is 1. The van der Waals surface area contributed by atoms with Crippen molar-refractivity contribution in [3.05, 3.63) is 65.2 Å². The highest BCUT2D eigenvalue weighted by molar-refractivity contribution is 14.1. The van der Waals surface area contributed by atoms with E-state index >= 15 is 0 Å². The summed E-state index contributed by atoms with van der Waals surface area (Å²) in [6, 6.07) is 4.59. The fourth-order valence-corrected chi connectivity index (χ4v) is 2.76. The van der Waals surface area contributed by atoms with E-state index in [2.05, 4.69) is 10.3 Å². The molecule has 0 atom stereocenters. The Bertz CT molecular complexity index is 920. The van der Waals surface area contributed by atoms with Crippen molar-refractivity contribution >= 4 is 28.5 Å². The topological polar surface area (TPSA) is 82.3 Å². The van der Waals surface area contributed by atoms with Crippen LogP contribution < -0.4 is 16.7 Å². The summed E-state index contributed by atoms with van der Waals surface area (Å²) in [4.78, 5) is 41.2. The Morgan fingerprint density at radius 3 is 2.54 bits per heavy atom. The summed E-state index contributed by atoms with van der Waals surface area (Å²) < 4.78 is 16.8. The van der Waals surface area contributed by atoms with E-state index in [4.69, 9.17) is 0 Å². The number of halogens is 2. The number of hydrogen-bond donors (Lipinski definition) is 1. The van der Waals surface area contributed by atoms with E-state index in [1.807, 2.05) is 22.6 Å². The number of nitrogens with zero attached hydrogens (tertiary/aromatic N) is 2. The van der Waals surface area contributed by atoms with Gasteiger partial charge in [-0.2, -0.15) is 0 Å². The molecule has 0 fully saturated rings. The molecule has 0 bridgehead atoms. The average Bonchev–Trinajstić information content (AvgIpc) is 2.53. The van der Waals surface area contributed by atoms with Crippen molar-refractivity contribution in [2.24, 2.45) is 14.1 Å². The second-order valence-electron chi connectivity index (χ2n) is 5.08. The van der Waals surface area contributed by atoms with Gasteiger partial charge in [-0.15, -0.1) is 0 Å². The molecule has 0 aliphatic carbocycles. The lowest BCUT2D eigenvalue weighted by molar-refractivity contribution is 0.0533. The van der Waals surface area contributed by atoms with Crippen LogP contribution in [-0.4, -0.2) is 22.2 Å². The van der Waals surface area contributed by atoms with Crippen molar-refractivity contribution in [1.82, 2.24) is 14.6 Å². The number of aromatic nitrogens is 2. The second kappa shape index (κ2) is 7.26. The van der Waals surface area contributed by atoms with Crippen molar-refractivity contribution in [2.45, 2.75) is 6.42 Å². The van der Waals surface area contributed by atoms with Crippen LogP contribution in [-0.2, 0) is 25.4 Å². The number of carbonyl (C=O) groups excluding carboxylic acids is 1. The highest BCUT2D eigenvalue weighted by Crippen LogP contribution is 2.17. The summed E-state index contributed by atoms with van der Waals surface area (Å²) >= 11 is 1.97. The predicted octanol–water partition coefficient (Wildman–Crippen LogP) is 0.710. The van der Waals surface area contributed by atoms with Gasteiger partial charge in [0, 0.05) is 29.8 Å². The molecule has 1 aromatic carbocycles. The van der Waals surface area contributed by atoms with Gasteiger partial charge in [-0.05, 0) is 40.3 Å². The quantitative estimate of drug-likeness (QED) is 0.553. The van der Waals surface area contributed by atoms with Gasteiger partial charge in [0.25, 0.3) is 11.5 Å². The van der Waals surface area contributed by atoms with Crippen LogP contribution in [0.4, 0.5) is 4.39 Å². The fourth-order valence-electron chi connectivity index (χ4n) is 2.31. The Hall–Kier alpha value is -2.01. The van der Waals surface area contributed by atoms with Crippen LogP contribution in [0.2, 0.25) is 0 Å². The number of hydroxylamine groups is 1. The molecule has 0 radical (unpaired) electrons. The molecule has 128 valence electrons. The molecular formula is C15H15FIN3O4. The molecule has 0 saturated carbocycles. The summed E-state index contributed by atoms with van der Waals surface area (Å²) in [7, 11) is 3.91. The van der Waals surface area contributed by atoms with Gasteiger partial charge >= 0.3 is 5.69 Å². The average molecular weight is 447 g/mol. The normalized spacial score (nSPS) is 10.7. The molecule has 0 saturated heterocycles. The smallest absolute Gasteiger partial charge is 0.299 e. The molecule has 0 spiro atoms. The monoisotopic (exact) mass is 447 g/mol. The first-order valence-electron chi connectivity index (χ1n) is 6.84. The Labute approximate surface area is 150 Å². The third-order valence-corrected chi connectivity index (χ3v) is 4.25. The van der Waals surface area contributed by atoms with Crippen molar-refractivity contribution in [1.29, 1.82) is 0 Å². The third kappa shape index (κ3) is 3.41. The lowest BCUT2D eigenvalue weighted by atomic mass is 10.0. The van der Waals surface area contributed by atoms with E-state index in [0.29, 0.717) is 3.57 Å². The van der Waals surface area contributed by atoms with Crippen LogP contribution in [0.25, 0.3) is 0 Å². The minimum absolute atomic E-state index is 0.0863. The van der Waals surface area contributed by atoms with Gasteiger partial charge in [-0.1, -0.05) is 6.07 Å². The van der Waals surface area contributed by atoms with Crippen LogP contribution in [0.15, 0.2) is 27.8 Å². The first-order chi connectivity index (χ1) is 11.3. The SMILES string of the molecule is CONC(=O)c1c(Cc2ccc(I)cc2F)n(C)c(=O)n(C)c1=O. The van der Waals surface area contributed by atoms with Crippen LogP contribution in [0, 0.1) is 9.39 Å². The van der Waals surface area contributed by atoms with E-state index < -0.39 is 23.0 Å². The molecule has 24 heavy (non-hydrogen) atoms. The number of amides is 1. The van der Waals surface area contributed by atoms with Gasteiger partial charge in [-0.25, -0.2) is 14.7 Å². The second-order valence-corrected chi connectivity index (χ2v) is 6.32. The number of benzene rings is 1. The molecule has 1 N–H and O–H groups in total. The molecule has 1 aromatic heterocycles. The summed E-state index contributed by atoms with van der Waals surface area (Å²) in [6.07, 6.45) is -0.0863. The van der Waals surface area contributed by atoms with E-state index in [-0.39, 0.29) is 23.2 Å². The molecule has 0 aliphatic heterocycles. The Morgan fingerprint density at radius 2 is 1.96 bits per heavy atom. The van der Waals surface area contributed by atoms with Gasteiger partial charge in [0.1, 0.15) is 11.4 Å². The molecule has 2 aromatic rings. The van der Waals surface area contributed by atoms with Crippen LogP contribution in [0.1, 0.15) is 21.6 Å². The summed E-state index contributed by atoms with van der Waals surface area (Å²) in [6.45, 7) is 0. The van der Waals surface area contributed by atoms with Gasteiger partial charge < -0.3 is 0 Å². The predicted molar refractivity (Wildman–Crippen MR) is 93.3 cm³/mol. The van der Waals surface area contributed by atoms with E-state index in [9.17, 15) is 18.8 Å². The van der Waals surface area contributed by atoms with Gasteiger partial charge in [0.2, 0.25) is 0 Å². The van der Waals surface area contributed by atoms with Gasteiger partial charge in [0.05, 0.1) is 7.11 Å². The van der Waals surface area contributed by atoms with E-state index in [0.717, 1.165) is 9.13 Å². The maximum Gasteiger partial charge on any atom is 0.330 e. The van der Waals surface area contributed by atoms with Crippen LogP contribution >= 0.6 is 22.6 Å². The highest BCUT2D eigenvalue weighted by Gasteiger charge is 2.23. The molecule has 1 heterocycles. The van der Waals surface area contributed by atoms with Crippen molar-refractivity contribution < 1.29 is 14.0 Å². The number of nitrogens with one attached hydrogen (secondary N) is 1. The minimum atomic E-state index is -0.797. The standard InChI is InChI=1S/C15H15FIN3O4/c1-19-11(6-8-4-5-9(17)7-10(8)16)12(13(21)18-24-3)14(22)20(2)15(19)23/h4-5,7H,6H2,1-3H3,(H,18,21). The third-order valence-electron chi connectivity index (χ3n) is 3.58. The van der Waals surface area contributed by atoms with Gasteiger partial charge in [-0.3, -0.25) is 23.6 Å². The number of rotatable bonds is 4. The summed E-state index contributed by atoms with van der Waals surface area (Å²) in [5, 5.41) is 0. The molecule has 2 rings (SSSR count). The van der Waals surface area contributed by atoms with Crippen LogP contribution in [0.5, 0.6) is 0 Å². The zero-order valence-electron chi connectivity index (χ0n) is 13.2. The van der Waals surface area contributed by atoms with Crippen molar-refractivity contribution in [3.8, 4) is 0 Å². The lowest BCUT2D eigenvalue weighted by Gasteiger charge is -2.15. The maximum atomic E-state index is 14.1. The summed E-state index contributed by atoms with van der Waals surface area (Å²) in [5.41, 5.74) is 0.805. The first-order valence-corrected chi connectivity index (χ1v) is 7.92. The zero-order valence-corrected chi connectivity index (χ0v) is 15.4. The molecule has 7 nitrogen and oxygen atoms in total. The van der Waals surface area contributed by atoms with Crippen molar-refractivity contribution in [3.63, 3.8) is 0 Å². The minimum Gasteiger partial charge on any atom is -0.299 e. The summed E-state index contributed by atoms with van der Waals surface area (Å²) in [5.74, 6) is -1.28. The Morgan fingerprint density at radius 1 is 1.29 bits per heavy atom. The zero-order chi connectivity index (χ0) is 18.0. The van der Waals surface area contributed by atoms with E-state index in [1.165, 1.54) is 27.3 Å². The Balaban J connectivity index is 2.69. The fraction of sp³-hybridized carbons (Fsp3) is 0.267. The number of hydrogen-bond acceptors (Lipinski definition) is 4.